The molecule has 0 atom stereocenters. The van der Waals surface area contributed by atoms with E-state index in [-0.39, 0.29) is 0 Å². The summed E-state index contributed by atoms with van der Waals surface area (Å²) in [6.45, 7) is 4.35. The summed E-state index contributed by atoms with van der Waals surface area (Å²) in [5.41, 5.74) is 27.5. The fraction of sp³-hybridized carbons (Fsp3) is 0.0192. The Kier molecular flexibility index (Phi) is 15.6. The van der Waals surface area contributed by atoms with E-state index in [1.807, 2.05) is 24.3 Å². The monoisotopic (exact) mass is 1410 g/mol. The van der Waals surface area contributed by atoms with Crippen molar-refractivity contribution in [3.05, 3.63) is 381 Å². The van der Waals surface area contributed by atoms with Crippen LogP contribution in [0.2, 0.25) is 0 Å². The lowest BCUT2D eigenvalue weighted by molar-refractivity contribution is 1.18. The maximum atomic E-state index is 5.50. The largest absolute Gasteiger partial charge is 0.309 e. The third kappa shape index (κ3) is 11.0. The first-order valence-corrected chi connectivity index (χ1v) is 37.8. The van der Waals surface area contributed by atoms with Gasteiger partial charge in [-0.15, -0.1) is 0 Å². The molecule has 0 amide bonds. The van der Waals surface area contributed by atoms with Gasteiger partial charge < -0.3 is 4.57 Å². The summed E-state index contributed by atoms with van der Waals surface area (Å²) in [4.78, 5) is 32.4. The molecule has 5 aromatic heterocycles. The molecular formula is C104H67N7. The molecule has 7 nitrogen and oxygen atoms in total. The van der Waals surface area contributed by atoms with Crippen LogP contribution in [-0.4, -0.2) is 34.5 Å². The predicted octanol–water partition coefficient (Wildman–Crippen LogP) is 27.2. The molecule has 0 aliphatic carbocycles. The SMILES string of the molecule is Cc1cc2nc(-c3ccccc3)c(-c3ccccc3)nc2c2c1c(-c1ccc(-c3ccc(-n4c5ccccc5c5ccccc54)cc3)cc1)nc1ccccc12.Cc1cc2nc(-c3ccccc3)c(-c3ccccc3)nc2c2c1c(-c1ccc(-c3ccc4c5ccccc5c5ccccc5c4c3)cc1)nc1ccccc12. The quantitative estimate of drug-likeness (QED) is 0.134. The highest BCUT2D eigenvalue weighted by Crippen LogP contribution is 2.46. The van der Waals surface area contributed by atoms with Crippen LogP contribution in [0.5, 0.6) is 0 Å². The summed E-state index contributed by atoms with van der Waals surface area (Å²) in [7, 11) is 0. The third-order valence-electron chi connectivity index (χ3n) is 22.2. The van der Waals surface area contributed by atoms with E-state index in [9.17, 15) is 0 Å². The van der Waals surface area contributed by atoms with Crippen molar-refractivity contribution in [2.75, 3.05) is 0 Å². The second kappa shape index (κ2) is 26.7. The molecular weight excluding hydrogens is 1350 g/mol. The van der Waals surface area contributed by atoms with Crippen LogP contribution in [-0.2, 0) is 0 Å². The number of fused-ring (bicyclic) bond motifs is 19. The second-order valence-corrected chi connectivity index (χ2v) is 28.8. The molecule has 22 aromatic rings. The van der Waals surface area contributed by atoms with Gasteiger partial charge in [0.25, 0.3) is 0 Å². The Morgan fingerprint density at radius 2 is 0.459 bits per heavy atom. The van der Waals surface area contributed by atoms with E-state index in [0.29, 0.717) is 0 Å². The van der Waals surface area contributed by atoms with Crippen molar-refractivity contribution in [1.82, 2.24) is 34.5 Å². The smallest absolute Gasteiger partial charge is 0.0980 e. The number of aromatic nitrogens is 7. The van der Waals surface area contributed by atoms with Gasteiger partial charge in [0.05, 0.1) is 78.3 Å². The average Bonchev–Trinajstić information content (AvgIpc) is 1.46. The Labute approximate surface area is 640 Å². The highest BCUT2D eigenvalue weighted by atomic mass is 15.0. The van der Waals surface area contributed by atoms with Crippen molar-refractivity contribution in [1.29, 1.82) is 0 Å². The van der Waals surface area contributed by atoms with E-state index < -0.39 is 0 Å². The van der Waals surface area contributed by atoms with Gasteiger partial charge in [0, 0.05) is 82.2 Å². The predicted molar refractivity (Wildman–Crippen MR) is 465 cm³/mol. The van der Waals surface area contributed by atoms with Crippen molar-refractivity contribution in [3.63, 3.8) is 0 Å². The number of hydrogen-bond acceptors (Lipinski definition) is 6. The summed E-state index contributed by atoms with van der Waals surface area (Å²) in [6.07, 6.45) is 0. The molecule has 0 spiro atoms. The maximum absolute atomic E-state index is 5.50. The van der Waals surface area contributed by atoms with Gasteiger partial charge in [-0.1, -0.05) is 315 Å². The first-order chi connectivity index (χ1) is 54.9. The topological polar surface area (TPSA) is 82.3 Å². The van der Waals surface area contributed by atoms with Gasteiger partial charge >= 0.3 is 0 Å². The fourth-order valence-electron chi connectivity index (χ4n) is 17.0. The first kappa shape index (κ1) is 64.7. The Morgan fingerprint density at radius 3 is 0.865 bits per heavy atom. The van der Waals surface area contributed by atoms with Crippen LogP contribution in [0.4, 0.5) is 0 Å². The van der Waals surface area contributed by atoms with E-state index in [0.717, 1.165) is 161 Å². The molecule has 22 rings (SSSR count). The highest BCUT2D eigenvalue weighted by molar-refractivity contribution is 6.27. The van der Waals surface area contributed by atoms with Gasteiger partial charge in [0.15, 0.2) is 0 Å². The van der Waals surface area contributed by atoms with Gasteiger partial charge in [-0.05, 0) is 134 Å². The number of para-hydroxylation sites is 4. The van der Waals surface area contributed by atoms with E-state index in [1.54, 1.807) is 0 Å². The molecule has 0 saturated carbocycles. The highest BCUT2D eigenvalue weighted by Gasteiger charge is 2.24. The molecule has 0 bridgehead atoms. The van der Waals surface area contributed by atoms with E-state index in [1.165, 1.54) is 65.3 Å². The van der Waals surface area contributed by atoms with Crippen molar-refractivity contribution >= 4 is 120 Å². The average molecular weight is 1410 g/mol. The van der Waals surface area contributed by atoms with Gasteiger partial charge in [0.1, 0.15) is 0 Å². The summed E-state index contributed by atoms with van der Waals surface area (Å²) in [6, 6.07) is 131. The molecule has 5 heterocycles. The van der Waals surface area contributed by atoms with Crippen molar-refractivity contribution in [2.45, 2.75) is 13.8 Å². The number of pyridine rings is 2. The maximum Gasteiger partial charge on any atom is 0.0980 e. The molecule has 0 unspecified atom stereocenters. The summed E-state index contributed by atoms with van der Waals surface area (Å²) < 4.78 is 2.36. The fourth-order valence-corrected chi connectivity index (χ4v) is 17.0. The summed E-state index contributed by atoms with van der Waals surface area (Å²) >= 11 is 0. The van der Waals surface area contributed by atoms with Crippen molar-refractivity contribution in [3.8, 4) is 95.5 Å². The number of benzene rings is 17. The number of hydrogen-bond donors (Lipinski definition) is 0. The Balaban J connectivity index is 0.000000141. The molecule has 0 N–H and O–H groups in total. The molecule has 111 heavy (non-hydrogen) atoms. The van der Waals surface area contributed by atoms with Crippen molar-refractivity contribution < 1.29 is 0 Å². The molecule has 0 fully saturated rings. The zero-order valence-electron chi connectivity index (χ0n) is 60.8. The number of aryl methyl sites for hydroxylation is 2. The van der Waals surface area contributed by atoms with Crippen LogP contribution in [0.25, 0.3) is 215 Å². The zero-order valence-corrected chi connectivity index (χ0v) is 60.8. The van der Waals surface area contributed by atoms with Crippen LogP contribution in [0.1, 0.15) is 11.1 Å². The third-order valence-corrected chi connectivity index (χ3v) is 22.2. The van der Waals surface area contributed by atoms with E-state index >= 15 is 0 Å². The Morgan fingerprint density at radius 1 is 0.180 bits per heavy atom. The minimum Gasteiger partial charge on any atom is -0.309 e. The minimum absolute atomic E-state index is 0.866. The van der Waals surface area contributed by atoms with Crippen LogP contribution < -0.4 is 0 Å². The first-order valence-electron chi connectivity index (χ1n) is 37.8. The molecule has 0 aliphatic heterocycles. The minimum atomic E-state index is 0.866. The molecule has 0 saturated heterocycles. The molecule has 518 valence electrons. The van der Waals surface area contributed by atoms with E-state index in [2.05, 4.69) is 364 Å². The van der Waals surface area contributed by atoms with Gasteiger partial charge in [-0.2, -0.15) is 0 Å². The Hall–Kier alpha value is -14.7. The van der Waals surface area contributed by atoms with Gasteiger partial charge in [-0.25, -0.2) is 29.9 Å². The Bertz CT molecular complexity index is 7380. The lowest BCUT2D eigenvalue weighted by Crippen LogP contribution is -1.99. The number of nitrogens with zero attached hydrogens (tertiary/aromatic N) is 7. The second-order valence-electron chi connectivity index (χ2n) is 28.8. The summed E-state index contributed by atoms with van der Waals surface area (Å²) in [5.74, 6) is 0. The standard InChI is InChI=1S/C52H34N4.C52H33N3/c1-33-32-44-52(55-51(37-16-6-3-7-17-37)50(54-44)36-14-4-2-5-15-36)48-42-20-8-11-21-43(42)53-49(47(33)48)38-26-24-34(25-27-38)35-28-30-39(31-29-35)56-45-22-12-9-18-40(45)41-19-10-13-23-46(41)56;1-32-30-46-52(55-51(35-16-6-3-7-17-35)50(54-46)34-14-4-2-5-15-34)48-43-22-12-13-23-45(43)53-49(47(32)48)36-26-24-33(25-27-36)37-28-29-42-40-20-9-8-18-38(40)39-19-10-11-21-41(39)44(42)31-37/h2-32H,1H3;2-31H,1H3. The van der Waals surface area contributed by atoms with E-state index in [4.69, 9.17) is 29.9 Å². The van der Waals surface area contributed by atoms with Crippen LogP contribution in [0.3, 0.4) is 0 Å². The lowest BCUT2D eigenvalue weighted by atomic mass is 9.91. The number of rotatable bonds is 9. The molecule has 0 radical (unpaired) electrons. The molecule has 17 aromatic carbocycles. The normalized spacial score (nSPS) is 11.7. The summed E-state index contributed by atoms with van der Waals surface area (Å²) in [5, 5.41) is 16.7. The van der Waals surface area contributed by atoms with Crippen LogP contribution >= 0.6 is 0 Å². The molecule has 0 aliphatic rings. The van der Waals surface area contributed by atoms with Gasteiger partial charge in [-0.3, -0.25) is 0 Å². The van der Waals surface area contributed by atoms with Crippen LogP contribution in [0, 0.1) is 13.8 Å². The van der Waals surface area contributed by atoms with Gasteiger partial charge in [0.2, 0.25) is 0 Å². The lowest BCUT2D eigenvalue weighted by Gasteiger charge is -2.17. The van der Waals surface area contributed by atoms with Crippen LogP contribution in [0.15, 0.2) is 370 Å². The zero-order chi connectivity index (χ0) is 73.6. The molecule has 7 heteroatoms. The van der Waals surface area contributed by atoms with Crippen molar-refractivity contribution in [2.24, 2.45) is 0 Å².